The van der Waals surface area contributed by atoms with Crippen molar-refractivity contribution in [3.05, 3.63) is 47.7 Å². The fraction of sp³-hybridized carbons (Fsp3) is 0.375. The SMILES string of the molecule is O=S(=O)(c1ccc(CNc2cccc(CO)c2)o1)N1CCCC1. The second-order valence-corrected chi connectivity index (χ2v) is 7.41. The Morgan fingerprint density at radius 3 is 2.70 bits per heavy atom. The van der Waals surface area contributed by atoms with Crippen LogP contribution >= 0.6 is 0 Å². The van der Waals surface area contributed by atoms with E-state index in [9.17, 15) is 8.42 Å². The van der Waals surface area contributed by atoms with Gasteiger partial charge in [0.2, 0.25) is 5.09 Å². The van der Waals surface area contributed by atoms with Crippen molar-refractivity contribution in [3.63, 3.8) is 0 Å². The third kappa shape index (κ3) is 3.57. The lowest BCUT2D eigenvalue weighted by Crippen LogP contribution is -2.27. The van der Waals surface area contributed by atoms with Crippen molar-refractivity contribution in [1.82, 2.24) is 4.31 Å². The molecule has 3 rings (SSSR count). The third-order valence-electron chi connectivity index (χ3n) is 3.87. The van der Waals surface area contributed by atoms with Crippen LogP contribution in [0.4, 0.5) is 5.69 Å². The summed E-state index contributed by atoms with van der Waals surface area (Å²) in [6.07, 6.45) is 1.80. The van der Waals surface area contributed by atoms with Crippen molar-refractivity contribution in [2.75, 3.05) is 18.4 Å². The third-order valence-corrected chi connectivity index (χ3v) is 5.65. The second kappa shape index (κ2) is 6.74. The minimum absolute atomic E-state index is 0.000286. The topological polar surface area (TPSA) is 82.8 Å². The smallest absolute Gasteiger partial charge is 0.276 e. The van der Waals surface area contributed by atoms with Gasteiger partial charge < -0.3 is 14.8 Å². The Balaban J connectivity index is 1.67. The van der Waals surface area contributed by atoms with Crippen LogP contribution < -0.4 is 5.32 Å². The average molecular weight is 336 g/mol. The number of benzene rings is 1. The molecule has 0 saturated carbocycles. The fourth-order valence-electron chi connectivity index (χ4n) is 2.62. The van der Waals surface area contributed by atoms with Gasteiger partial charge in [-0.05, 0) is 42.7 Å². The highest BCUT2D eigenvalue weighted by molar-refractivity contribution is 7.89. The van der Waals surface area contributed by atoms with Crippen LogP contribution in [0.3, 0.4) is 0 Å². The van der Waals surface area contributed by atoms with Crippen molar-refractivity contribution in [3.8, 4) is 0 Å². The molecular formula is C16H20N2O4S. The molecule has 124 valence electrons. The maximum Gasteiger partial charge on any atom is 0.276 e. The Morgan fingerprint density at radius 1 is 1.17 bits per heavy atom. The lowest BCUT2D eigenvalue weighted by Gasteiger charge is -2.12. The van der Waals surface area contributed by atoms with Crippen LogP contribution in [0, 0.1) is 0 Å². The molecule has 0 bridgehead atoms. The van der Waals surface area contributed by atoms with E-state index < -0.39 is 10.0 Å². The molecule has 1 aliphatic rings. The van der Waals surface area contributed by atoms with E-state index in [1.165, 1.54) is 10.4 Å². The Kier molecular flexibility index (Phi) is 4.70. The molecule has 1 aromatic carbocycles. The molecule has 2 heterocycles. The summed E-state index contributed by atoms with van der Waals surface area (Å²) < 4.78 is 31.7. The molecule has 23 heavy (non-hydrogen) atoms. The van der Waals surface area contributed by atoms with E-state index in [1.54, 1.807) is 6.07 Å². The number of hydrogen-bond acceptors (Lipinski definition) is 5. The number of anilines is 1. The van der Waals surface area contributed by atoms with Crippen LogP contribution in [0.1, 0.15) is 24.2 Å². The largest absolute Gasteiger partial charge is 0.446 e. The van der Waals surface area contributed by atoms with Gasteiger partial charge in [0.15, 0.2) is 0 Å². The number of sulfonamides is 1. The summed E-state index contributed by atoms with van der Waals surface area (Å²) in [5, 5.41) is 12.3. The zero-order valence-electron chi connectivity index (χ0n) is 12.7. The van der Waals surface area contributed by atoms with Gasteiger partial charge in [-0.1, -0.05) is 12.1 Å². The summed E-state index contributed by atoms with van der Waals surface area (Å²) >= 11 is 0. The van der Waals surface area contributed by atoms with Gasteiger partial charge in [0.25, 0.3) is 10.0 Å². The lowest BCUT2D eigenvalue weighted by atomic mass is 10.2. The molecule has 6 nitrogen and oxygen atoms in total. The number of aliphatic hydroxyl groups excluding tert-OH is 1. The van der Waals surface area contributed by atoms with E-state index >= 15 is 0 Å². The van der Waals surface area contributed by atoms with E-state index in [-0.39, 0.29) is 11.7 Å². The monoisotopic (exact) mass is 336 g/mol. The molecule has 0 amide bonds. The number of rotatable bonds is 6. The van der Waals surface area contributed by atoms with Gasteiger partial charge in [0.1, 0.15) is 5.76 Å². The molecule has 1 fully saturated rings. The number of hydrogen-bond donors (Lipinski definition) is 2. The van der Waals surface area contributed by atoms with Gasteiger partial charge in [-0.3, -0.25) is 0 Å². The van der Waals surface area contributed by atoms with Crippen LogP contribution in [0.2, 0.25) is 0 Å². The van der Waals surface area contributed by atoms with Crippen molar-refractivity contribution in [1.29, 1.82) is 0 Å². The number of furan rings is 1. The highest BCUT2D eigenvalue weighted by atomic mass is 32.2. The first-order valence-corrected chi connectivity index (χ1v) is 9.06. The quantitative estimate of drug-likeness (QED) is 0.845. The number of nitrogens with zero attached hydrogens (tertiary/aromatic N) is 1. The lowest BCUT2D eigenvalue weighted by molar-refractivity contribution is 0.282. The molecule has 1 saturated heterocycles. The predicted octanol–water partition coefficient (Wildman–Crippen LogP) is 2.17. The van der Waals surface area contributed by atoms with E-state index in [0.717, 1.165) is 24.1 Å². The van der Waals surface area contributed by atoms with Gasteiger partial charge in [-0.25, -0.2) is 8.42 Å². The molecule has 0 aliphatic carbocycles. The van der Waals surface area contributed by atoms with E-state index in [0.29, 0.717) is 25.4 Å². The van der Waals surface area contributed by atoms with Gasteiger partial charge in [-0.2, -0.15) is 4.31 Å². The summed E-state index contributed by atoms with van der Waals surface area (Å²) in [7, 11) is -3.51. The zero-order chi connectivity index (χ0) is 16.3. The van der Waals surface area contributed by atoms with Gasteiger partial charge in [-0.15, -0.1) is 0 Å². The molecule has 0 spiro atoms. The van der Waals surface area contributed by atoms with Crippen LogP contribution in [0.25, 0.3) is 0 Å². The van der Waals surface area contributed by atoms with Crippen molar-refractivity contribution in [2.24, 2.45) is 0 Å². The highest BCUT2D eigenvalue weighted by Gasteiger charge is 2.29. The van der Waals surface area contributed by atoms with E-state index in [1.807, 2.05) is 24.3 Å². The highest BCUT2D eigenvalue weighted by Crippen LogP contribution is 2.23. The van der Waals surface area contributed by atoms with E-state index in [2.05, 4.69) is 5.32 Å². The molecule has 0 unspecified atom stereocenters. The predicted molar refractivity (Wildman–Crippen MR) is 86.4 cm³/mol. The Hall–Kier alpha value is -1.83. The Morgan fingerprint density at radius 2 is 1.96 bits per heavy atom. The molecule has 0 radical (unpaired) electrons. The number of nitrogens with one attached hydrogen (secondary N) is 1. The van der Waals surface area contributed by atoms with E-state index in [4.69, 9.17) is 9.52 Å². The first-order chi connectivity index (χ1) is 11.1. The summed E-state index contributed by atoms with van der Waals surface area (Å²) in [6.45, 7) is 1.48. The Bertz CT molecular complexity index is 764. The molecule has 2 N–H and O–H groups in total. The van der Waals surface area contributed by atoms with Gasteiger partial charge in [0.05, 0.1) is 13.2 Å². The first-order valence-electron chi connectivity index (χ1n) is 7.62. The minimum atomic E-state index is -3.51. The van der Waals surface area contributed by atoms with Crippen molar-refractivity contribution < 1.29 is 17.9 Å². The molecule has 1 aromatic heterocycles. The second-order valence-electron chi connectivity index (χ2n) is 5.54. The van der Waals surface area contributed by atoms with Crippen LogP contribution in [-0.4, -0.2) is 30.9 Å². The fourth-order valence-corrected chi connectivity index (χ4v) is 4.06. The van der Waals surface area contributed by atoms with Crippen LogP contribution in [-0.2, 0) is 23.2 Å². The molecular weight excluding hydrogens is 316 g/mol. The molecule has 7 heteroatoms. The average Bonchev–Trinajstić information content (AvgIpc) is 3.25. The summed E-state index contributed by atoms with van der Waals surface area (Å²) in [5.74, 6) is 0.553. The normalized spacial score (nSPS) is 15.9. The van der Waals surface area contributed by atoms with Crippen LogP contribution in [0.5, 0.6) is 0 Å². The maximum atomic E-state index is 12.4. The first kappa shape index (κ1) is 16.0. The van der Waals surface area contributed by atoms with Crippen molar-refractivity contribution >= 4 is 15.7 Å². The van der Waals surface area contributed by atoms with Crippen LogP contribution in [0.15, 0.2) is 45.9 Å². The molecule has 2 aromatic rings. The Labute approximate surface area is 135 Å². The minimum Gasteiger partial charge on any atom is -0.446 e. The maximum absolute atomic E-state index is 12.4. The van der Waals surface area contributed by atoms with Gasteiger partial charge >= 0.3 is 0 Å². The zero-order valence-corrected chi connectivity index (χ0v) is 13.6. The summed E-state index contributed by atoms with van der Waals surface area (Å²) in [4.78, 5) is 0. The van der Waals surface area contributed by atoms with Crippen molar-refractivity contribution in [2.45, 2.75) is 31.1 Å². The molecule has 0 atom stereocenters. The molecule has 1 aliphatic heterocycles. The number of aliphatic hydroxyl groups is 1. The standard InChI is InChI=1S/C16H20N2O4S/c19-12-13-4-3-5-14(10-13)17-11-15-6-7-16(22-15)23(20,21)18-8-1-2-9-18/h3-7,10,17,19H,1-2,8-9,11-12H2. The van der Waals surface area contributed by atoms with Gasteiger partial charge in [0, 0.05) is 18.8 Å². The summed E-state index contributed by atoms with van der Waals surface area (Å²) in [6, 6.07) is 10.6. The summed E-state index contributed by atoms with van der Waals surface area (Å²) in [5.41, 5.74) is 1.66.